The second-order valence-corrected chi connectivity index (χ2v) is 9.76. The number of hydrogen-bond donors (Lipinski definition) is 2. The summed E-state index contributed by atoms with van der Waals surface area (Å²) in [6, 6.07) is 12.8. The molecule has 4 rings (SSSR count). The first kappa shape index (κ1) is 18.9. The van der Waals surface area contributed by atoms with Crippen molar-refractivity contribution in [3.05, 3.63) is 54.0 Å². The zero-order valence-corrected chi connectivity index (χ0v) is 16.7. The summed E-state index contributed by atoms with van der Waals surface area (Å²) in [5, 5.41) is 11.6. The van der Waals surface area contributed by atoms with Crippen LogP contribution in [0.3, 0.4) is 0 Å². The topological polar surface area (TPSA) is 95.2 Å². The third kappa shape index (κ3) is 3.87. The minimum atomic E-state index is -3.45. The predicted octanol–water partition coefficient (Wildman–Crippen LogP) is 3.18. The number of H-pyrrole nitrogens is 1. The monoisotopic (exact) mass is 416 g/mol. The van der Waals surface area contributed by atoms with Crippen molar-refractivity contribution in [1.82, 2.24) is 14.5 Å². The summed E-state index contributed by atoms with van der Waals surface area (Å²) in [5.41, 5.74) is 2.53. The van der Waals surface area contributed by atoms with Crippen molar-refractivity contribution < 1.29 is 13.2 Å². The highest BCUT2D eigenvalue weighted by Crippen LogP contribution is 2.27. The van der Waals surface area contributed by atoms with Crippen LogP contribution in [-0.2, 0) is 14.8 Å². The highest BCUT2D eigenvalue weighted by atomic mass is 32.2. The maximum Gasteiger partial charge on any atom is 0.252 e. The average molecular weight is 417 g/mol. The first-order valence-corrected chi connectivity index (χ1v) is 11.3. The molecule has 3 heterocycles. The first-order chi connectivity index (χ1) is 13.5. The summed E-state index contributed by atoms with van der Waals surface area (Å²) in [6.45, 7) is 0.707. The van der Waals surface area contributed by atoms with Crippen LogP contribution in [0.4, 0.5) is 5.69 Å². The largest absolute Gasteiger partial charge is 0.326 e. The Labute approximate surface area is 167 Å². The van der Waals surface area contributed by atoms with Crippen LogP contribution in [0.5, 0.6) is 0 Å². The number of nitrogens with one attached hydrogen (secondary N) is 2. The number of sulfonamides is 1. The van der Waals surface area contributed by atoms with E-state index in [-0.39, 0.29) is 11.8 Å². The fourth-order valence-corrected chi connectivity index (χ4v) is 5.94. The van der Waals surface area contributed by atoms with Crippen molar-refractivity contribution in [2.45, 2.75) is 17.1 Å². The van der Waals surface area contributed by atoms with Crippen LogP contribution in [0.25, 0.3) is 11.3 Å². The van der Waals surface area contributed by atoms with Gasteiger partial charge in [-0.1, -0.05) is 18.2 Å². The summed E-state index contributed by atoms with van der Waals surface area (Å²) >= 11 is 1.22. The van der Waals surface area contributed by atoms with Gasteiger partial charge in [0, 0.05) is 36.5 Å². The van der Waals surface area contributed by atoms with E-state index >= 15 is 0 Å². The number of benzene rings is 1. The highest BCUT2D eigenvalue weighted by Gasteiger charge is 2.32. The number of aromatic nitrogens is 2. The van der Waals surface area contributed by atoms with Crippen molar-refractivity contribution in [2.75, 3.05) is 18.4 Å². The van der Waals surface area contributed by atoms with E-state index in [9.17, 15) is 13.2 Å². The van der Waals surface area contributed by atoms with Gasteiger partial charge in [0.1, 0.15) is 4.21 Å². The SMILES string of the molecule is O=C(Nc1cccc(-c2ccn[nH]2)c1)C1CCN(S(=O)(=O)c2cccs2)CC1. The molecular formula is C19H20N4O3S2. The van der Waals surface area contributed by atoms with Crippen LogP contribution in [0, 0.1) is 5.92 Å². The molecule has 2 N–H and O–H groups in total. The second kappa shape index (κ2) is 7.86. The molecule has 9 heteroatoms. The number of amides is 1. The van der Waals surface area contributed by atoms with Crippen molar-refractivity contribution in [3.63, 3.8) is 0 Å². The van der Waals surface area contributed by atoms with E-state index in [0.29, 0.717) is 35.8 Å². The van der Waals surface area contributed by atoms with E-state index in [4.69, 9.17) is 0 Å². The minimum absolute atomic E-state index is 0.0741. The van der Waals surface area contributed by atoms with E-state index < -0.39 is 10.0 Å². The van der Waals surface area contributed by atoms with Crippen molar-refractivity contribution in [3.8, 4) is 11.3 Å². The Hall–Kier alpha value is -2.49. The van der Waals surface area contributed by atoms with Gasteiger partial charge in [-0.05, 0) is 42.5 Å². The van der Waals surface area contributed by atoms with Gasteiger partial charge in [-0.2, -0.15) is 9.40 Å². The Morgan fingerprint density at radius 1 is 1.18 bits per heavy atom. The van der Waals surface area contributed by atoms with E-state index in [1.54, 1.807) is 23.7 Å². The Morgan fingerprint density at radius 3 is 2.68 bits per heavy atom. The van der Waals surface area contributed by atoms with Gasteiger partial charge in [0.2, 0.25) is 5.91 Å². The number of piperidine rings is 1. The maximum absolute atomic E-state index is 12.7. The molecule has 28 heavy (non-hydrogen) atoms. The smallest absolute Gasteiger partial charge is 0.252 e. The lowest BCUT2D eigenvalue weighted by molar-refractivity contribution is -0.120. The standard InChI is InChI=1S/C19H20N4O3S2/c24-19(21-16-4-1-3-15(13-16)17-6-9-20-22-17)14-7-10-23(11-8-14)28(25,26)18-5-2-12-27-18/h1-6,9,12-14H,7-8,10-11H2,(H,20,22)(H,21,24). The molecule has 146 valence electrons. The third-order valence-electron chi connectivity index (χ3n) is 4.86. The van der Waals surface area contributed by atoms with Crippen LogP contribution in [0.1, 0.15) is 12.8 Å². The Morgan fingerprint density at radius 2 is 2.00 bits per heavy atom. The normalized spacial score (nSPS) is 16.1. The van der Waals surface area contributed by atoms with Gasteiger partial charge in [0.05, 0.1) is 5.69 Å². The van der Waals surface area contributed by atoms with Crippen molar-refractivity contribution in [2.24, 2.45) is 5.92 Å². The van der Waals surface area contributed by atoms with Crippen LogP contribution in [0.15, 0.2) is 58.3 Å². The quantitative estimate of drug-likeness (QED) is 0.668. The predicted molar refractivity (Wildman–Crippen MR) is 108 cm³/mol. The lowest BCUT2D eigenvalue weighted by Crippen LogP contribution is -2.41. The molecule has 0 bridgehead atoms. The number of anilines is 1. The van der Waals surface area contributed by atoms with E-state index in [2.05, 4.69) is 15.5 Å². The minimum Gasteiger partial charge on any atom is -0.326 e. The molecule has 0 spiro atoms. The lowest BCUT2D eigenvalue weighted by Gasteiger charge is -2.30. The Kier molecular flexibility index (Phi) is 5.29. The number of carbonyl (C=O) groups is 1. The molecule has 1 aromatic carbocycles. The van der Waals surface area contributed by atoms with Gasteiger partial charge in [0.25, 0.3) is 10.0 Å². The first-order valence-electron chi connectivity index (χ1n) is 8.98. The summed E-state index contributed by atoms with van der Waals surface area (Å²) in [4.78, 5) is 12.7. The molecule has 1 amide bonds. The summed E-state index contributed by atoms with van der Waals surface area (Å²) < 4.78 is 27.0. The van der Waals surface area contributed by atoms with Crippen molar-refractivity contribution in [1.29, 1.82) is 0 Å². The molecule has 1 aliphatic heterocycles. The van der Waals surface area contributed by atoms with Crippen LogP contribution in [-0.4, -0.2) is 41.9 Å². The van der Waals surface area contributed by atoms with Gasteiger partial charge >= 0.3 is 0 Å². The molecule has 7 nitrogen and oxygen atoms in total. The van der Waals surface area contributed by atoms with Crippen LogP contribution in [0.2, 0.25) is 0 Å². The van der Waals surface area contributed by atoms with Crippen LogP contribution >= 0.6 is 11.3 Å². The van der Waals surface area contributed by atoms with Crippen LogP contribution < -0.4 is 5.32 Å². The Balaban J connectivity index is 1.38. The fraction of sp³-hybridized carbons (Fsp3) is 0.263. The summed E-state index contributed by atoms with van der Waals surface area (Å²) in [7, 11) is -3.45. The number of aromatic amines is 1. The molecule has 0 aliphatic carbocycles. The number of nitrogens with zero attached hydrogens (tertiary/aromatic N) is 2. The van der Waals surface area contributed by atoms with Gasteiger partial charge in [-0.3, -0.25) is 9.89 Å². The molecule has 0 radical (unpaired) electrons. The second-order valence-electron chi connectivity index (χ2n) is 6.65. The van der Waals surface area contributed by atoms with Gasteiger partial charge < -0.3 is 5.32 Å². The third-order valence-corrected chi connectivity index (χ3v) is 8.13. The number of carbonyl (C=O) groups excluding carboxylic acids is 1. The molecule has 1 saturated heterocycles. The average Bonchev–Trinajstić information content (AvgIpc) is 3.42. The number of thiophene rings is 1. The summed E-state index contributed by atoms with van der Waals surface area (Å²) in [6.07, 6.45) is 2.70. The van der Waals surface area contributed by atoms with Gasteiger partial charge in [-0.25, -0.2) is 8.42 Å². The fourth-order valence-electron chi connectivity index (χ4n) is 3.32. The Bertz CT molecular complexity index is 1040. The molecule has 0 saturated carbocycles. The van der Waals surface area contributed by atoms with Gasteiger partial charge in [0.15, 0.2) is 0 Å². The van der Waals surface area contributed by atoms with Crippen molar-refractivity contribution >= 4 is 33.0 Å². The van der Waals surface area contributed by atoms with E-state index in [1.807, 2.05) is 30.3 Å². The molecule has 1 fully saturated rings. The zero-order chi connectivity index (χ0) is 19.6. The number of hydrogen-bond acceptors (Lipinski definition) is 5. The molecule has 3 aromatic rings. The molecular weight excluding hydrogens is 396 g/mol. The molecule has 0 unspecified atom stereocenters. The maximum atomic E-state index is 12.7. The summed E-state index contributed by atoms with van der Waals surface area (Å²) in [5.74, 6) is -0.277. The zero-order valence-electron chi connectivity index (χ0n) is 15.0. The molecule has 1 aliphatic rings. The molecule has 2 aromatic heterocycles. The molecule has 0 atom stereocenters. The van der Waals surface area contributed by atoms with Gasteiger partial charge in [-0.15, -0.1) is 11.3 Å². The number of rotatable bonds is 5. The highest BCUT2D eigenvalue weighted by molar-refractivity contribution is 7.91. The van der Waals surface area contributed by atoms with E-state index in [1.165, 1.54) is 15.6 Å². The lowest BCUT2D eigenvalue weighted by atomic mass is 9.97. The van der Waals surface area contributed by atoms with E-state index in [0.717, 1.165) is 11.3 Å².